The van der Waals surface area contributed by atoms with Gasteiger partial charge in [0.1, 0.15) is 5.82 Å². The zero-order chi connectivity index (χ0) is 10.6. The predicted octanol–water partition coefficient (Wildman–Crippen LogP) is 1.86. The molecule has 1 aromatic carbocycles. The standard InChI is InChI=1S/C10H13ClFNO/c1-13(7-10(14)6-11)9-4-2-3-8(12)5-9/h2-5,10,14H,6-7H2,1H3. The van der Waals surface area contributed by atoms with Gasteiger partial charge in [0.25, 0.3) is 0 Å². The molecule has 14 heavy (non-hydrogen) atoms. The molecule has 1 unspecified atom stereocenters. The molecule has 0 amide bonds. The maximum Gasteiger partial charge on any atom is 0.125 e. The summed E-state index contributed by atoms with van der Waals surface area (Å²) >= 11 is 5.46. The van der Waals surface area contributed by atoms with Crippen LogP contribution in [0.3, 0.4) is 0 Å². The van der Waals surface area contributed by atoms with E-state index in [0.717, 1.165) is 5.69 Å². The van der Waals surface area contributed by atoms with Crippen LogP contribution in [0.4, 0.5) is 10.1 Å². The summed E-state index contributed by atoms with van der Waals surface area (Å²) < 4.78 is 12.8. The van der Waals surface area contributed by atoms with E-state index in [1.54, 1.807) is 24.1 Å². The van der Waals surface area contributed by atoms with Crippen LogP contribution in [0.25, 0.3) is 0 Å². The lowest BCUT2D eigenvalue weighted by molar-refractivity contribution is 0.205. The van der Waals surface area contributed by atoms with Crippen molar-refractivity contribution in [2.24, 2.45) is 0 Å². The molecule has 0 saturated heterocycles. The maximum absolute atomic E-state index is 12.8. The molecule has 0 heterocycles. The first-order valence-corrected chi connectivity index (χ1v) is 4.87. The molecule has 1 atom stereocenters. The second-order valence-electron chi connectivity index (χ2n) is 3.17. The molecule has 78 valence electrons. The number of rotatable bonds is 4. The predicted molar refractivity (Wildman–Crippen MR) is 56.4 cm³/mol. The Morgan fingerprint density at radius 2 is 2.29 bits per heavy atom. The minimum absolute atomic E-state index is 0.180. The maximum atomic E-state index is 12.8. The topological polar surface area (TPSA) is 23.5 Å². The molecule has 0 aliphatic heterocycles. The Hall–Kier alpha value is -0.800. The SMILES string of the molecule is CN(CC(O)CCl)c1cccc(F)c1. The van der Waals surface area contributed by atoms with Crippen molar-refractivity contribution in [2.75, 3.05) is 24.4 Å². The van der Waals surface area contributed by atoms with Crippen LogP contribution in [0.1, 0.15) is 0 Å². The molecular formula is C10H13ClFNO. The van der Waals surface area contributed by atoms with E-state index in [-0.39, 0.29) is 11.7 Å². The Bertz CT molecular complexity index is 295. The molecule has 1 N–H and O–H groups in total. The molecule has 0 aromatic heterocycles. The van der Waals surface area contributed by atoms with Gasteiger partial charge in [0.15, 0.2) is 0 Å². The smallest absolute Gasteiger partial charge is 0.125 e. The minimum Gasteiger partial charge on any atom is -0.390 e. The molecule has 0 radical (unpaired) electrons. The van der Waals surface area contributed by atoms with Crippen LogP contribution in [0.5, 0.6) is 0 Å². The molecule has 1 rings (SSSR count). The Balaban J connectivity index is 2.64. The first kappa shape index (κ1) is 11.3. The van der Waals surface area contributed by atoms with E-state index >= 15 is 0 Å². The third-order valence-corrected chi connectivity index (χ3v) is 2.27. The van der Waals surface area contributed by atoms with Crippen LogP contribution in [0.15, 0.2) is 24.3 Å². The average molecular weight is 218 g/mol. The van der Waals surface area contributed by atoms with E-state index in [1.165, 1.54) is 12.1 Å². The first-order valence-electron chi connectivity index (χ1n) is 4.34. The van der Waals surface area contributed by atoms with Gasteiger partial charge >= 0.3 is 0 Å². The van der Waals surface area contributed by atoms with E-state index in [4.69, 9.17) is 11.6 Å². The number of halogens is 2. The van der Waals surface area contributed by atoms with Crippen LogP contribution in [0, 0.1) is 5.82 Å². The number of hydrogen-bond donors (Lipinski definition) is 1. The fourth-order valence-electron chi connectivity index (χ4n) is 1.18. The van der Waals surface area contributed by atoms with Gasteiger partial charge in [-0.25, -0.2) is 4.39 Å². The summed E-state index contributed by atoms with van der Waals surface area (Å²) in [6.07, 6.45) is -0.593. The fraction of sp³-hybridized carbons (Fsp3) is 0.400. The van der Waals surface area contributed by atoms with E-state index < -0.39 is 6.10 Å². The third kappa shape index (κ3) is 3.16. The summed E-state index contributed by atoms with van der Waals surface area (Å²) in [5.74, 6) is -0.102. The van der Waals surface area contributed by atoms with Crippen LogP contribution >= 0.6 is 11.6 Å². The average Bonchev–Trinajstić information content (AvgIpc) is 2.17. The Morgan fingerprint density at radius 1 is 1.57 bits per heavy atom. The second-order valence-corrected chi connectivity index (χ2v) is 3.48. The normalized spacial score (nSPS) is 12.6. The van der Waals surface area contributed by atoms with Crippen molar-refractivity contribution in [1.29, 1.82) is 0 Å². The number of aliphatic hydroxyl groups is 1. The van der Waals surface area contributed by atoms with E-state index in [9.17, 15) is 9.50 Å². The lowest BCUT2D eigenvalue weighted by Crippen LogP contribution is -2.29. The molecule has 1 aromatic rings. The van der Waals surface area contributed by atoms with Crippen molar-refractivity contribution in [3.63, 3.8) is 0 Å². The highest BCUT2D eigenvalue weighted by Gasteiger charge is 2.07. The summed E-state index contributed by atoms with van der Waals surface area (Å²) in [5, 5.41) is 9.29. The summed E-state index contributed by atoms with van der Waals surface area (Å²) in [7, 11) is 1.78. The van der Waals surface area contributed by atoms with Crippen LogP contribution < -0.4 is 4.90 Å². The molecule has 0 bridgehead atoms. The van der Waals surface area contributed by atoms with Crippen molar-refractivity contribution in [2.45, 2.75) is 6.10 Å². The zero-order valence-electron chi connectivity index (χ0n) is 7.95. The highest BCUT2D eigenvalue weighted by Crippen LogP contribution is 2.14. The molecule has 4 heteroatoms. The van der Waals surface area contributed by atoms with Gasteiger partial charge in [-0.15, -0.1) is 11.6 Å². The first-order chi connectivity index (χ1) is 6.63. The third-order valence-electron chi connectivity index (χ3n) is 1.91. The van der Waals surface area contributed by atoms with Gasteiger partial charge in [-0.05, 0) is 18.2 Å². The largest absolute Gasteiger partial charge is 0.390 e. The van der Waals surface area contributed by atoms with Crippen LogP contribution in [-0.4, -0.2) is 30.7 Å². The van der Waals surface area contributed by atoms with Gasteiger partial charge in [0.2, 0.25) is 0 Å². The molecule has 2 nitrogen and oxygen atoms in total. The second kappa shape index (κ2) is 5.17. The monoisotopic (exact) mass is 217 g/mol. The van der Waals surface area contributed by atoms with Crippen molar-refractivity contribution >= 4 is 17.3 Å². The summed E-state index contributed by atoms with van der Waals surface area (Å²) in [6.45, 7) is 0.396. The molecular weight excluding hydrogens is 205 g/mol. The van der Waals surface area contributed by atoms with Crippen molar-refractivity contribution in [3.05, 3.63) is 30.1 Å². The number of anilines is 1. The van der Waals surface area contributed by atoms with Gasteiger partial charge in [0, 0.05) is 19.3 Å². The number of aliphatic hydroxyl groups excluding tert-OH is 1. The van der Waals surface area contributed by atoms with Crippen molar-refractivity contribution < 1.29 is 9.50 Å². The van der Waals surface area contributed by atoms with Gasteiger partial charge in [-0.3, -0.25) is 0 Å². The summed E-state index contributed by atoms with van der Waals surface area (Å²) in [5.41, 5.74) is 0.731. The summed E-state index contributed by atoms with van der Waals surface area (Å²) in [4.78, 5) is 1.76. The number of hydrogen-bond acceptors (Lipinski definition) is 2. The summed E-state index contributed by atoms with van der Waals surface area (Å²) in [6, 6.07) is 6.22. The van der Waals surface area contributed by atoms with Gasteiger partial charge in [0.05, 0.1) is 12.0 Å². The Labute approximate surface area is 87.9 Å². The highest BCUT2D eigenvalue weighted by molar-refractivity contribution is 6.18. The van der Waals surface area contributed by atoms with Crippen LogP contribution in [0.2, 0.25) is 0 Å². The van der Waals surface area contributed by atoms with Gasteiger partial charge in [-0.1, -0.05) is 6.07 Å². The van der Waals surface area contributed by atoms with E-state index in [0.29, 0.717) is 6.54 Å². The number of benzene rings is 1. The molecule has 0 aliphatic carbocycles. The molecule has 0 fully saturated rings. The quantitative estimate of drug-likeness (QED) is 0.779. The molecule has 0 saturated carbocycles. The zero-order valence-corrected chi connectivity index (χ0v) is 8.71. The Morgan fingerprint density at radius 3 is 2.86 bits per heavy atom. The Kier molecular flexibility index (Phi) is 4.17. The lowest BCUT2D eigenvalue weighted by atomic mass is 10.2. The minimum atomic E-state index is -0.593. The van der Waals surface area contributed by atoms with Crippen molar-refractivity contribution in [1.82, 2.24) is 0 Å². The molecule has 0 aliphatic rings. The highest BCUT2D eigenvalue weighted by atomic mass is 35.5. The lowest BCUT2D eigenvalue weighted by Gasteiger charge is -2.21. The van der Waals surface area contributed by atoms with Crippen LogP contribution in [-0.2, 0) is 0 Å². The van der Waals surface area contributed by atoms with Crippen molar-refractivity contribution in [3.8, 4) is 0 Å². The van der Waals surface area contributed by atoms with E-state index in [2.05, 4.69) is 0 Å². The molecule has 0 spiro atoms. The van der Waals surface area contributed by atoms with Gasteiger partial charge in [-0.2, -0.15) is 0 Å². The number of nitrogens with zero attached hydrogens (tertiary/aromatic N) is 1. The van der Waals surface area contributed by atoms with Gasteiger partial charge < -0.3 is 10.0 Å². The number of likely N-dealkylation sites (N-methyl/N-ethyl adjacent to an activating group) is 1. The number of alkyl halides is 1. The van der Waals surface area contributed by atoms with E-state index in [1.807, 2.05) is 0 Å². The fourth-order valence-corrected chi connectivity index (χ4v) is 1.28.